The summed E-state index contributed by atoms with van der Waals surface area (Å²) in [5, 5.41) is 9.40. The van der Waals surface area contributed by atoms with Gasteiger partial charge in [0.05, 0.1) is 11.7 Å². The van der Waals surface area contributed by atoms with Gasteiger partial charge in [-0.15, -0.1) is 23.7 Å². The predicted molar refractivity (Wildman–Crippen MR) is 97.2 cm³/mol. The standard InChI is InChI=1S/C17H21N3OS.ClH/c21-16(15-8-4-5-10-18-15)19-11-9-14-12-22-17(20-14)13-6-2-1-3-7-13;/h1-3,6-7,12,15,18H,4-5,8-11H2,(H,19,21);1H. The smallest absolute Gasteiger partial charge is 0.237 e. The van der Waals surface area contributed by atoms with E-state index < -0.39 is 0 Å². The first kappa shape index (κ1) is 17.9. The van der Waals surface area contributed by atoms with Gasteiger partial charge in [-0.2, -0.15) is 0 Å². The van der Waals surface area contributed by atoms with Crippen molar-refractivity contribution in [3.05, 3.63) is 41.4 Å². The maximum Gasteiger partial charge on any atom is 0.237 e. The Morgan fingerprint density at radius 3 is 2.87 bits per heavy atom. The molecule has 1 aromatic heterocycles. The number of nitrogens with one attached hydrogen (secondary N) is 2. The van der Waals surface area contributed by atoms with Crippen LogP contribution in [0.1, 0.15) is 25.0 Å². The Labute approximate surface area is 147 Å². The number of piperidine rings is 1. The number of carbonyl (C=O) groups is 1. The van der Waals surface area contributed by atoms with Crippen molar-refractivity contribution in [1.82, 2.24) is 15.6 Å². The van der Waals surface area contributed by atoms with E-state index in [4.69, 9.17) is 0 Å². The second kappa shape index (κ2) is 9.01. The molecular weight excluding hydrogens is 330 g/mol. The zero-order valence-electron chi connectivity index (χ0n) is 13.0. The average molecular weight is 352 g/mol. The molecule has 0 saturated carbocycles. The lowest BCUT2D eigenvalue weighted by Crippen LogP contribution is -2.47. The van der Waals surface area contributed by atoms with Gasteiger partial charge in [0.1, 0.15) is 5.01 Å². The number of carbonyl (C=O) groups excluding carboxylic acids is 1. The van der Waals surface area contributed by atoms with E-state index in [9.17, 15) is 4.79 Å². The Kier molecular flexibility index (Phi) is 7.02. The summed E-state index contributed by atoms with van der Waals surface area (Å²) < 4.78 is 0. The fraction of sp³-hybridized carbons (Fsp3) is 0.412. The van der Waals surface area contributed by atoms with Crippen LogP contribution in [-0.2, 0) is 11.2 Å². The van der Waals surface area contributed by atoms with E-state index >= 15 is 0 Å². The minimum Gasteiger partial charge on any atom is -0.354 e. The molecular formula is C17H22ClN3OS. The molecule has 0 bridgehead atoms. The van der Waals surface area contributed by atoms with E-state index in [-0.39, 0.29) is 24.4 Å². The number of hydrogen-bond donors (Lipinski definition) is 2. The van der Waals surface area contributed by atoms with Gasteiger partial charge < -0.3 is 10.6 Å². The molecule has 6 heteroatoms. The fourth-order valence-electron chi connectivity index (χ4n) is 2.65. The van der Waals surface area contributed by atoms with Crippen LogP contribution in [0.5, 0.6) is 0 Å². The first-order valence-electron chi connectivity index (χ1n) is 7.84. The summed E-state index contributed by atoms with van der Waals surface area (Å²) in [7, 11) is 0. The van der Waals surface area contributed by atoms with E-state index in [1.165, 1.54) is 6.42 Å². The number of hydrogen-bond acceptors (Lipinski definition) is 4. The van der Waals surface area contributed by atoms with Crippen molar-refractivity contribution in [1.29, 1.82) is 0 Å². The average Bonchev–Trinajstić information content (AvgIpc) is 3.05. The second-order valence-corrected chi connectivity index (χ2v) is 6.41. The van der Waals surface area contributed by atoms with Crippen LogP contribution in [0.4, 0.5) is 0 Å². The SMILES string of the molecule is Cl.O=C(NCCc1csc(-c2ccccc2)n1)C1CCCCN1. The zero-order valence-corrected chi connectivity index (χ0v) is 14.6. The van der Waals surface area contributed by atoms with Gasteiger partial charge in [0.25, 0.3) is 0 Å². The topological polar surface area (TPSA) is 54.0 Å². The van der Waals surface area contributed by atoms with Gasteiger partial charge in [-0.1, -0.05) is 36.8 Å². The molecule has 124 valence electrons. The Balaban J connectivity index is 0.00000192. The predicted octanol–water partition coefficient (Wildman–Crippen LogP) is 3.03. The largest absolute Gasteiger partial charge is 0.354 e. The number of nitrogens with zero attached hydrogens (tertiary/aromatic N) is 1. The van der Waals surface area contributed by atoms with E-state index in [1.54, 1.807) is 11.3 Å². The molecule has 1 aromatic carbocycles. The molecule has 23 heavy (non-hydrogen) atoms. The Bertz CT molecular complexity index is 611. The molecule has 3 rings (SSSR count). The summed E-state index contributed by atoms with van der Waals surface area (Å²) in [5.74, 6) is 0.123. The van der Waals surface area contributed by atoms with Crippen LogP contribution in [0, 0.1) is 0 Å². The van der Waals surface area contributed by atoms with Gasteiger partial charge in [0.15, 0.2) is 0 Å². The van der Waals surface area contributed by atoms with Crippen molar-refractivity contribution in [2.75, 3.05) is 13.1 Å². The molecule has 1 unspecified atom stereocenters. The molecule has 2 heterocycles. The molecule has 0 radical (unpaired) electrons. The number of amides is 1. The molecule has 2 aromatic rings. The minimum absolute atomic E-state index is 0. The van der Waals surface area contributed by atoms with Crippen LogP contribution in [0.3, 0.4) is 0 Å². The van der Waals surface area contributed by atoms with Gasteiger partial charge in [0, 0.05) is 23.9 Å². The molecule has 2 N–H and O–H groups in total. The summed E-state index contributed by atoms with van der Waals surface area (Å²) in [6, 6.07) is 10.2. The lowest BCUT2D eigenvalue weighted by molar-refractivity contribution is -0.123. The van der Waals surface area contributed by atoms with E-state index in [2.05, 4.69) is 33.1 Å². The first-order chi connectivity index (χ1) is 10.8. The molecule has 0 spiro atoms. The lowest BCUT2D eigenvalue weighted by atomic mass is 10.0. The molecule has 1 saturated heterocycles. The van der Waals surface area contributed by atoms with Gasteiger partial charge in [0.2, 0.25) is 5.91 Å². The van der Waals surface area contributed by atoms with Crippen molar-refractivity contribution < 1.29 is 4.79 Å². The van der Waals surface area contributed by atoms with Gasteiger partial charge >= 0.3 is 0 Å². The Morgan fingerprint density at radius 2 is 2.13 bits per heavy atom. The third-order valence-electron chi connectivity index (χ3n) is 3.88. The lowest BCUT2D eigenvalue weighted by Gasteiger charge is -2.22. The van der Waals surface area contributed by atoms with Crippen molar-refractivity contribution in [3.8, 4) is 10.6 Å². The fourth-order valence-corrected chi connectivity index (χ4v) is 3.51. The van der Waals surface area contributed by atoms with Crippen LogP contribution in [0.15, 0.2) is 35.7 Å². The minimum atomic E-state index is -0.0101. The number of benzene rings is 1. The van der Waals surface area contributed by atoms with Crippen LogP contribution < -0.4 is 10.6 Å². The summed E-state index contributed by atoms with van der Waals surface area (Å²) in [5.41, 5.74) is 2.19. The molecule has 1 amide bonds. The van der Waals surface area contributed by atoms with Crippen molar-refractivity contribution in [2.45, 2.75) is 31.7 Å². The van der Waals surface area contributed by atoms with Crippen LogP contribution in [0.2, 0.25) is 0 Å². The summed E-state index contributed by atoms with van der Waals surface area (Å²) in [6.07, 6.45) is 4.03. The summed E-state index contributed by atoms with van der Waals surface area (Å²) >= 11 is 1.65. The maximum atomic E-state index is 12.0. The van der Waals surface area contributed by atoms with Crippen molar-refractivity contribution >= 4 is 29.7 Å². The molecule has 1 fully saturated rings. The molecule has 1 aliphatic rings. The number of halogens is 1. The van der Waals surface area contributed by atoms with E-state index in [0.29, 0.717) is 6.54 Å². The first-order valence-corrected chi connectivity index (χ1v) is 8.72. The monoisotopic (exact) mass is 351 g/mol. The molecule has 4 nitrogen and oxygen atoms in total. The molecule has 1 atom stereocenters. The maximum absolute atomic E-state index is 12.0. The highest BCUT2D eigenvalue weighted by molar-refractivity contribution is 7.13. The third kappa shape index (κ3) is 5.03. The normalized spacial score (nSPS) is 17.3. The van der Waals surface area contributed by atoms with Gasteiger partial charge in [-0.05, 0) is 19.4 Å². The zero-order chi connectivity index (χ0) is 15.2. The Hall–Kier alpha value is -1.43. The highest BCUT2D eigenvalue weighted by atomic mass is 35.5. The highest BCUT2D eigenvalue weighted by Gasteiger charge is 2.19. The Morgan fingerprint density at radius 1 is 1.30 bits per heavy atom. The molecule has 0 aliphatic carbocycles. The van der Waals surface area contributed by atoms with Gasteiger partial charge in [-0.3, -0.25) is 4.79 Å². The number of aromatic nitrogens is 1. The molecule has 1 aliphatic heterocycles. The van der Waals surface area contributed by atoms with Crippen LogP contribution in [0.25, 0.3) is 10.6 Å². The van der Waals surface area contributed by atoms with Crippen molar-refractivity contribution in [2.24, 2.45) is 0 Å². The highest BCUT2D eigenvalue weighted by Crippen LogP contribution is 2.23. The summed E-state index contributed by atoms with van der Waals surface area (Å²) in [6.45, 7) is 1.60. The third-order valence-corrected chi connectivity index (χ3v) is 4.82. The summed E-state index contributed by atoms with van der Waals surface area (Å²) in [4.78, 5) is 16.7. The van der Waals surface area contributed by atoms with E-state index in [1.807, 2.05) is 18.2 Å². The number of rotatable bonds is 5. The van der Waals surface area contributed by atoms with Crippen LogP contribution in [-0.4, -0.2) is 30.0 Å². The second-order valence-electron chi connectivity index (χ2n) is 5.55. The number of thiazole rings is 1. The van der Waals surface area contributed by atoms with Gasteiger partial charge in [-0.25, -0.2) is 4.98 Å². The quantitative estimate of drug-likeness (QED) is 0.870. The van der Waals surface area contributed by atoms with Crippen molar-refractivity contribution in [3.63, 3.8) is 0 Å². The van der Waals surface area contributed by atoms with E-state index in [0.717, 1.165) is 42.1 Å². The van der Waals surface area contributed by atoms with Crippen LogP contribution >= 0.6 is 23.7 Å².